The molecule has 15 nitrogen and oxygen atoms in total. The van der Waals surface area contributed by atoms with Crippen LogP contribution in [0.4, 0.5) is 17.1 Å². The van der Waals surface area contributed by atoms with Gasteiger partial charge in [-0.05, 0) is 131 Å². The number of aryl methyl sites for hydroxylation is 1. The Bertz CT molecular complexity index is 4730. The van der Waals surface area contributed by atoms with E-state index in [1.807, 2.05) is 43.3 Å². The molecular weight excluding hydrogens is 1070 g/mol. The summed E-state index contributed by atoms with van der Waals surface area (Å²) in [6.45, 7) is 2.05. The number of carbonyl (C=O) groups is 8. The molecule has 0 saturated carbocycles. The second-order valence-corrected chi connectivity index (χ2v) is 22.5. The molecule has 16 heteroatoms. The molecule has 0 bridgehead atoms. The fourth-order valence-corrected chi connectivity index (χ4v) is 13.9. The lowest BCUT2D eigenvalue weighted by molar-refractivity contribution is 0.0647. The van der Waals surface area contributed by atoms with Crippen molar-refractivity contribution in [2.45, 2.75) is 17.2 Å². The minimum Gasteiger partial charge on any atom is -0.282 e. The van der Waals surface area contributed by atoms with Gasteiger partial charge in [-0.25, -0.2) is 14.7 Å². The number of nitrogens with zero attached hydrogens (tertiary/aromatic N) is 4. The fraction of sp³-hybridized carbons (Fsp3) is 0.0448. The van der Waals surface area contributed by atoms with Crippen LogP contribution in [0.3, 0.4) is 0 Å². The van der Waals surface area contributed by atoms with E-state index in [1.54, 1.807) is 12.1 Å². The summed E-state index contributed by atoms with van der Waals surface area (Å²) in [5.41, 5.74) is 7.78. The number of benzene rings is 10. The van der Waals surface area contributed by atoms with Crippen molar-refractivity contribution in [1.82, 2.24) is 4.90 Å². The summed E-state index contributed by atoms with van der Waals surface area (Å²) in [4.78, 5) is 116. The number of hydrogen-bond acceptors (Lipinski definition) is 10. The van der Waals surface area contributed by atoms with Crippen LogP contribution in [0.2, 0.25) is 0 Å². The van der Waals surface area contributed by atoms with Gasteiger partial charge in [-0.2, -0.15) is 8.42 Å². The number of imide groups is 4. The average molecular weight is 1110 g/mol. The lowest BCUT2D eigenvalue weighted by Crippen LogP contribution is -2.43. The molecule has 0 aromatic heterocycles. The Hall–Kier alpha value is -10.8. The number of fused-ring (bicyclic) bond motifs is 3. The molecule has 1 N–H and O–H groups in total. The minimum atomic E-state index is -5.07. The SMILES string of the molecule is Cc1ccc(C2(c3ccc(N4C(=O)c5ccc6c7c(ccc(c57)C4=O)C(=O)N(c4ccc(-c5ccc(N7C(=O)c8ccc9c%10c(ccc(c8%10)C7=O)C(=O)N(C)C9=O)cc5S(=O)(=O)O)cc4)C6=O)cc3)c3ccccc3-c3ccccc32)cc1. The first-order valence-electron chi connectivity index (χ1n) is 26.3. The first-order chi connectivity index (χ1) is 40.0. The van der Waals surface area contributed by atoms with Crippen LogP contribution < -0.4 is 14.7 Å². The molecule has 398 valence electrons. The van der Waals surface area contributed by atoms with Crippen molar-refractivity contribution >= 4 is 96.0 Å². The lowest BCUT2D eigenvalue weighted by atomic mass is 9.67. The molecule has 0 unspecified atom stereocenters. The first kappa shape index (κ1) is 49.2. The van der Waals surface area contributed by atoms with E-state index in [2.05, 4.69) is 48.5 Å². The van der Waals surface area contributed by atoms with E-state index in [-0.39, 0.29) is 88.6 Å². The number of rotatable bonds is 7. The molecule has 5 aliphatic rings. The molecule has 0 fully saturated rings. The van der Waals surface area contributed by atoms with E-state index in [1.165, 1.54) is 92.0 Å². The molecule has 10 aromatic carbocycles. The summed E-state index contributed by atoms with van der Waals surface area (Å²) in [6.07, 6.45) is 0. The summed E-state index contributed by atoms with van der Waals surface area (Å²) >= 11 is 0. The lowest BCUT2D eigenvalue weighted by Gasteiger charge is -2.35. The molecular formula is C67H38N4O11S. The van der Waals surface area contributed by atoms with Crippen LogP contribution in [-0.4, -0.2) is 72.2 Å². The van der Waals surface area contributed by atoms with E-state index in [0.717, 1.165) is 64.6 Å². The Balaban J connectivity index is 0.732. The molecule has 1 aliphatic carbocycles. The van der Waals surface area contributed by atoms with Crippen molar-refractivity contribution in [1.29, 1.82) is 0 Å². The van der Waals surface area contributed by atoms with Crippen molar-refractivity contribution < 1.29 is 51.3 Å². The van der Waals surface area contributed by atoms with Gasteiger partial charge in [-0.3, -0.25) is 47.8 Å². The molecule has 83 heavy (non-hydrogen) atoms. The Morgan fingerprint density at radius 2 is 0.663 bits per heavy atom. The molecule has 0 radical (unpaired) electrons. The van der Waals surface area contributed by atoms with Crippen LogP contribution in [0, 0.1) is 6.92 Å². The summed E-state index contributed by atoms with van der Waals surface area (Å²) in [5, 5.41) is 0.608. The second kappa shape index (κ2) is 17.1. The van der Waals surface area contributed by atoms with Crippen molar-refractivity contribution in [3.05, 3.63) is 260 Å². The summed E-state index contributed by atoms with van der Waals surface area (Å²) in [7, 11) is -3.74. The zero-order chi connectivity index (χ0) is 57.3. The molecule has 10 aromatic rings. The molecule has 4 heterocycles. The molecule has 4 aliphatic heterocycles. The van der Waals surface area contributed by atoms with Gasteiger partial charge in [-0.15, -0.1) is 0 Å². The van der Waals surface area contributed by atoms with Crippen LogP contribution in [0.5, 0.6) is 0 Å². The number of carbonyl (C=O) groups excluding carboxylic acids is 8. The number of amides is 8. The van der Waals surface area contributed by atoms with Crippen molar-refractivity contribution in [2.24, 2.45) is 0 Å². The highest BCUT2D eigenvalue weighted by atomic mass is 32.2. The highest BCUT2D eigenvalue weighted by Crippen LogP contribution is 2.56. The maximum Gasteiger partial charge on any atom is 0.295 e. The highest BCUT2D eigenvalue weighted by Gasteiger charge is 2.47. The van der Waals surface area contributed by atoms with Crippen LogP contribution in [0.1, 0.15) is 111 Å². The van der Waals surface area contributed by atoms with Crippen molar-refractivity contribution in [3.8, 4) is 22.3 Å². The van der Waals surface area contributed by atoms with Gasteiger partial charge in [-0.1, -0.05) is 109 Å². The van der Waals surface area contributed by atoms with Crippen LogP contribution in [-0.2, 0) is 15.5 Å². The summed E-state index contributed by atoms with van der Waals surface area (Å²) < 4.78 is 36.9. The number of hydrogen-bond donors (Lipinski definition) is 1. The average Bonchev–Trinajstić information content (AvgIpc) is 1.91. The van der Waals surface area contributed by atoms with Gasteiger partial charge in [0.15, 0.2) is 0 Å². The molecule has 15 rings (SSSR count). The third-order valence-corrected chi connectivity index (χ3v) is 17.8. The maximum absolute atomic E-state index is 14.7. The largest absolute Gasteiger partial charge is 0.295 e. The Morgan fingerprint density at radius 3 is 1.05 bits per heavy atom. The summed E-state index contributed by atoms with van der Waals surface area (Å²) in [5.74, 6) is -5.72. The van der Waals surface area contributed by atoms with E-state index in [9.17, 15) is 51.3 Å². The molecule has 0 spiro atoms. The van der Waals surface area contributed by atoms with Crippen LogP contribution >= 0.6 is 0 Å². The normalized spacial score (nSPS) is 15.7. The van der Waals surface area contributed by atoms with E-state index in [0.29, 0.717) is 5.69 Å². The molecule has 0 saturated heterocycles. The number of anilines is 3. The third-order valence-electron chi connectivity index (χ3n) is 16.9. The topological polar surface area (TPSA) is 204 Å². The smallest absolute Gasteiger partial charge is 0.282 e. The monoisotopic (exact) mass is 1110 g/mol. The van der Waals surface area contributed by atoms with Gasteiger partial charge in [0.1, 0.15) is 4.90 Å². The van der Waals surface area contributed by atoms with Gasteiger partial charge >= 0.3 is 0 Å². The fourth-order valence-electron chi connectivity index (χ4n) is 13.2. The zero-order valence-electron chi connectivity index (χ0n) is 43.6. The second-order valence-electron chi connectivity index (χ2n) is 21.1. The first-order valence-corrected chi connectivity index (χ1v) is 27.7. The Morgan fingerprint density at radius 1 is 0.349 bits per heavy atom. The van der Waals surface area contributed by atoms with Gasteiger partial charge in [0, 0.05) is 78.7 Å². The van der Waals surface area contributed by atoms with Crippen molar-refractivity contribution in [3.63, 3.8) is 0 Å². The van der Waals surface area contributed by atoms with E-state index >= 15 is 0 Å². The van der Waals surface area contributed by atoms with Gasteiger partial charge in [0.2, 0.25) is 0 Å². The Kier molecular flexibility index (Phi) is 10.2. The highest BCUT2D eigenvalue weighted by molar-refractivity contribution is 7.86. The van der Waals surface area contributed by atoms with Crippen molar-refractivity contribution in [2.75, 3.05) is 21.7 Å². The van der Waals surface area contributed by atoms with Gasteiger partial charge < -0.3 is 0 Å². The quantitative estimate of drug-likeness (QED) is 0.117. The molecule has 0 atom stereocenters. The maximum atomic E-state index is 14.7. The zero-order valence-corrected chi connectivity index (χ0v) is 44.4. The van der Waals surface area contributed by atoms with Crippen LogP contribution in [0.15, 0.2) is 193 Å². The van der Waals surface area contributed by atoms with E-state index in [4.69, 9.17) is 0 Å². The van der Waals surface area contributed by atoms with Gasteiger partial charge in [0.05, 0.1) is 22.5 Å². The minimum absolute atomic E-state index is 0.0140. The standard InChI is InChI=1S/C67H38N4O11S/c1-34-11-15-36(16-12-34)67(52-9-5-3-7-42(52)43-8-4-6-10-53(43)67)37-17-21-39(22-18-37)70-63(76)48-31-29-46-57-47(30-32-49(58(48)57)64(70)77)62(75)69(61(46)74)38-19-13-35(14-20-38)41-24-23-40(33-54(41)83(80,81)82)71-65(78)50-27-25-44-55-45(60(73)68(2)59(44)72)26-28-51(56(50)55)66(71)79/h3-33H,1-2H3,(H,80,81,82). The van der Waals surface area contributed by atoms with Gasteiger partial charge in [0.25, 0.3) is 57.4 Å². The predicted molar refractivity (Wildman–Crippen MR) is 308 cm³/mol. The third kappa shape index (κ3) is 6.55. The summed E-state index contributed by atoms with van der Waals surface area (Å²) in [6, 6.07) is 53.2. The Labute approximate surface area is 471 Å². The van der Waals surface area contributed by atoms with E-state index < -0.39 is 67.7 Å². The molecule has 8 amide bonds. The predicted octanol–water partition coefficient (Wildman–Crippen LogP) is 11.2. The van der Waals surface area contributed by atoms with Crippen LogP contribution in [0.25, 0.3) is 43.8 Å².